The predicted molar refractivity (Wildman–Crippen MR) is 122 cm³/mol. The molecule has 2 N–H and O–H groups in total. The summed E-state index contributed by atoms with van der Waals surface area (Å²) in [5.41, 5.74) is 0.838. The fourth-order valence-electron chi connectivity index (χ4n) is 3.43. The smallest absolute Gasteiger partial charge is 0.369 e. The summed E-state index contributed by atoms with van der Waals surface area (Å²) in [5, 5.41) is 6.55. The van der Waals surface area contributed by atoms with Crippen molar-refractivity contribution < 1.29 is 13.2 Å². The van der Waals surface area contributed by atoms with Gasteiger partial charge in [-0.05, 0) is 50.1 Å². The third-order valence-corrected chi connectivity index (χ3v) is 5.43. The van der Waals surface area contributed by atoms with Gasteiger partial charge in [0.1, 0.15) is 0 Å². The second-order valence-electron chi connectivity index (χ2n) is 7.79. The third kappa shape index (κ3) is 6.63. The zero-order valence-electron chi connectivity index (χ0n) is 17.2. The zero-order chi connectivity index (χ0) is 20.3. The van der Waals surface area contributed by atoms with Gasteiger partial charge in [-0.3, -0.25) is 0 Å². The summed E-state index contributed by atoms with van der Waals surface area (Å²) in [4.78, 5) is 8.97. The Morgan fingerprint density at radius 2 is 1.86 bits per heavy atom. The number of nitrogens with one attached hydrogen (secondary N) is 2. The number of likely N-dealkylation sites (N-methyl/N-ethyl adjacent to an activating group) is 1. The lowest BCUT2D eigenvalue weighted by atomic mass is 10.1. The maximum atomic E-state index is 13.3. The van der Waals surface area contributed by atoms with Crippen molar-refractivity contribution in [2.24, 2.45) is 10.9 Å². The van der Waals surface area contributed by atoms with E-state index >= 15 is 0 Å². The lowest BCUT2D eigenvalue weighted by Crippen LogP contribution is -2.44. The molecule has 1 aromatic rings. The largest absolute Gasteiger partial charge is 0.416 e. The Hall–Kier alpha value is -1.23. The van der Waals surface area contributed by atoms with Crippen molar-refractivity contribution in [3.05, 3.63) is 29.3 Å². The van der Waals surface area contributed by atoms with Crippen LogP contribution in [0.2, 0.25) is 0 Å². The minimum Gasteiger partial charge on any atom is -0.369 e. The molecule has 1 aliphatic heterocycles. The fraction of sp³-hybridized carbons (Fsp3) is 0.650. The minimum atomic E-state index is -4.36. The molecule has 5 nitrogen and oxygen atoms in total. The van der Waals surface area contributed by atoms with Crippen LogP contribution in [0.15, 0.2) is 23.2 Å². The molecule has 1 aromatic carbocycles. The average Bonchev–Trinajstić information content (AvgIpc) is 3.34. The minimum absolute atomic E-state index is 0. The van der Waals surface area contributed by atoms with Crippen LogP contribution < -0.4 is 15.5 Å². The molecule has 1 saturated heterocycles. The Balaban J connectivity index is 0.00000300. The number of hydrogen-bond donors (Lipinski definition) is 2. The topological polar surface area (TPSA) is 42.9 Å². The van der Waals surface area contributed by atoms with Crippen LogP contribution in [0.4, 0.5) is 18.9 Å². The summed E-state index contributed by atoms with van der Waals surface area (Å²) in [6.45, 7) is 8.46. The highest BCUT2D eigenvalue weighted by Crippen LogP contribution is 2.34. The number of hydrogen-bond acceptors (Lipinski definition) is 3. The number of piperazine rings is 1. The molecule has 2 aliphatic rings. The molecule has 1 saturated carbocycles. The van der Waals surface area contributed by atoms with Crippen LogP contribution in [0.5, 0.6) is 0 Å². The van der Waals surface area contributed by atoms with Gasteiger partial charge in [-0.25, -0.2) is 4.99 Å². The first-order chi connectivity index (χ1) is 13.3. The van der Waals surface area contributed by atoms with E-state index in [0.29, 0.717) is 30.0 Å². The lowest BCUT2D eigenvalue weighted by Gasteiger charge is -2.35. The van der Waals surface area contributed by atoms with Gasteiger partial charge in [0, 0.05) is 44.5 Å². The molecule has 0 amide bonds. The molecule has 29 heavy (non-hydrogen) atoms. The van der Waals surface area contributed by atoms with E-state index in [1.165, 1.54) is 12.1 Å². The number of benzene rings is 1. The van der Waals surface area contributed by atoms with Gasteiger partial charge in [0.15, 0.2) is 5.96 Å². The first-order valence-electron chi connectivity index (χ1n) is 9.96. The monoisotopic (exact) mass is 525 g/mol. The van der Waals surface area contributed by atoms with Crippen molar-refractivity contribution >= 4 is 35.6 Å². The second kappa shape index (κ2) is 10.2. The van der Waals surface area contributed by atoms with Gasteiger partial charge in [-0.1, -0.05) is 6.92 Å². The normalized spacial score (nSPS) is 22.8. The Morgan fingerprint density at radius 1 is 1.21 bits per heavy atom. The number of rotatable bonds is 5. The van der Waals surface area contributed by atoms with E-state index in [9.17, 15) is 13.2 Å². The maximum Gasteiger partial charge on any atom is 0.416 e. The Kier molecular flexibility index (Phi) is 8.45. The molecule has 0 radical (unpaired) electrons. The summed E-state index contributed by atoms with van der Waals surface area (Å²) in [6, 6.07) is 4.43. The molecule has 1 heterocycles. The van der Waals surface area contributed by atoms with Crippen molar-refractivity contribution in [2.75, 3.05) is 44.7 Å². The van der Waals surface area contributed by atoms with Crippen molar-refractivity contribution in [3.8, 4) is 0 Å². The van der Waals surface area contributed by atoms with Crippen LogP contribution in [0.25, 0.3) is 0 Å². The quantitative estimate of drug-likeness (QED) is 0.351. The molecule has 2 unspecified atom stereocenters. The molecule has 0 aromatic heterocycles. The third-order valence-electron chi connectivity index (χ3n) is 5.43. The molecule has 2 atom stereocenters. The summed E-state index contributed by atoms with van der Waals surface area (Å²) < 4.78 is 39.8. The van der Waals surface area contributed by atoms with Crippen LogP contribution >= 0.6 is 24.0 Å². The molecular weight excluding hydrogens is 494 g/mol. The van der Waals surface area contributed by atoms with E-state index in [-0.39, 0.29) is 30.5 Å². The molecule has 9 heteroatoms. The maximum absolute atomic E-state index is 13.3. The van der Waals surface area contributed by atoms with Gasteiger partial charge in [-0.2, -0.15) is 13.2 Å². The number of alkyl halides is 3. The van der Waals surface area contributed by atoms with E-state index in [2.05, 4.69) is 39.4 Å². The van der Waals surface area contributed by atoms with Gasteiger partial charge in [-0.15, -0.1) is 24.0 Å². The first-order valence-corrected chi connectivity index (χ1v) is 9.96. The van der Waals surface area contributed by atoms with Crippen molar-refractivity contribution in [2.45, 2.75) is 39.0 Å². The van der Waals surface area contributed by atoms with E-state index < -0.39 is 11.7 Å². The Labute approximate surface area is 188 Å². The highest BCUT2D eigenvalue weighted by Gasteiger charge is 2.33. The van der Waals surface area contributed by atoms with Crippen molar-refractivity contribution in [3.63, 3.8) is 0 Å². The van der Waals surface area contributed by atoms with Gasteiger partial charge in [0.25, 0.3) is 0 Å². The molecule has 3 rings (SSSR count). The molecule has 1 aliphatic carbocycles. The first kappa shape index (κ1) is 24.0. The second-order valence-corrected chi connectivity index (χ2v) is 7.79. The van der Waals surface area contributed by atoms with Crippen LogP contribution in [-0.4, -0.2) is 56.7 Å². The highest BCUT2D eigenvalue weighted by atomic mass is 127. The van der Waals surface area contributed by atoms with E-state index in [1.807, 2.05) is 6.92 Å². The number of anilines is 1. The van der Waals surface area contributed by atoms with Crippen LogP contribution in [0.1, 0.15) is 31.4 Å². The van der Waals surface area contributed by atoms with Crippen LogP contribution in [0.3, 0.4) is 0 Å². The van der Waals surface area contributed by atoms with Crippen LogP contribution in [0, 0.1) is 5.92 Å². The SMILES string of the molecule is CCNC(=NCc1cc(C(F)(F)F)ccc1N1CCN(C)CC1)NC1CC1C.I. The molecule has 2 fully saturated rings. The summed E-state index contributed by atoms with van der Waals surface area (Å²) in [7, 11) is 2.06. The Bertz CT molecular complexity index is 702. The summed E-state index contributed by atoms with van der Waals surface area (Å²) in [5.74, 6) is 1.27. The average molecular weight is 525 g/mol. The van der Waals surface area contributed by atoms with E-state index in [0.717, 1.165) is 38.3 Å². The van der Waals surface area contributed by atoms with E-state index in [1.54, 1.807) is 6.07 Å². The van der Waals surface area contributed by atoms with Gasteiger partial charge < -0.3 is 20.4 Å². The predicted octanol–water partition coefficient (Wildman–Crippen LogP) is 3.54. The van der Waals surface area contributed by atoms with Crippen molar-refractivity contribution in [1.82, 2.24) is 15.5 Å². The Morgan fingerprint density at radius 3 is 2.41 bits per heavy atom. The van der Waals surface area contributed by atoms with Gasteiger partial charge in [0.05, 0.1) is 12.1 Å². The number of halogens is 4. The highest BCUT2D eigenvalue weighted by molar-refractivity contribution is 14.0. The number of nitrogens with zero attached hydrogens (tertiary/aromatic N) is 3. The molecule has 0 bridgehead atoms. The number of guanidine groups is 1. The standard InChI is InChI=1S/C20H30F3N5.HI/c1-4-24-19(26-17-11-14(17)2)25-13-15-12-16(20(21,22)23)5-6-18(15)28-9-7-27(3)8-10-28;/h5-6,12,14,17H,4,7-11,13H2,1-3H3,(H2,24,25,26);1H. The van der Waals surface area contributed by atoms with Gasteiger partial charge in [0.2, 0.25) is 0 Å². The zero-order valence-corrected chi connectivity index (χ0v) is 19.6. The van der Waals surface area contributed by atoms with Crippen LogP contribution in [-0.2, 0) is 12.7 Å². The summed E-state index contributed by atoms with van der Waals surface area (Å²) in [6.07, 6.45) is -3.26. The molecule has 164 valence electrons. The van der Waals surface area contributed by atoms with E-state index in [4.69, 9.17) is 0 Å². The molecule has 0 spiro atoms. The number of aliphatic imine (C=N–C) groups is 1. The fourth-order valence-corrected chi connectivity index (χ4v) is 3.43. The van der Waals surface area contributed by atoms with Gasteiger partial charge >= 0.3 is 6.18 Å². The lowest BCUT2D eigenvalue weighted by molar-refractivity contribution is -0.137. The summed E-state index contributed by atoms with van der Waals surface area (Å²) >= 11 is 0. The molecular formula is C20H31F3IN5. The van der Waals surface area contributed by atoms with Crippen molar-refractivity contribution in [1.29, 1.82) is 0 Å².